The van der Waals surface area contributed by atoms with Crippen LogP contribution in [-0.4, -0.2) is 25.2 Å². The molecule has 3 rings (SSSR count). The molecule has 0 spiro atoms. The molecule has 176 valence electrons. The third-order valence-electron chi connectivity index (χ3n) is 8.64. The molecule has 4 unspecified atom stereocenters. The summed E-state index contributed by atoms with van der Waals surface area (Å²) in [5.74, 6) is 1.88. The first-order valence-corrected chi connectivity index (χ1v) is 14.4. The van der Waals surface area contributed by atoms with Gasteiger partial charge in [-0.2, -0.15) is 0 Å². The summed E-state index contributed by atoms with van der Waals surface area (Å²) in [6, 6.07) is 1.62. The molecule has 1 aliphatic carbocycles. The quantitative estimate of drug-likeness (QED) is 0.479. The largest absolute Gasteiger partial charge is 0.314 e. The zero-order valence-corrected chi connectivity index (χ0v) is 20.3. The zero-order valence-electron chi connectivity index (χ0n) is 20.3. The first-order valence-electron chi connectivity index (χ1n) is 14.4. The van der Waals surface area contributed by atoms with E-state index in [0.29, 0.717) is 0 Å². The third-order valence-corrected chi connectivity index (χ3v) is 8.64. The van der Waals surface area contributed by atoms with Crippen molar-refractivity contribution in [2.75, 3.05) is 13.1 Å². The van der Waals surface area contributed by atoms with E-state index in [9.17, 15) is 0 Å². The van der Waals surface area contributed by atoms with Crippen LogP contribution in [0.4, 0.5) is 0 Å². The van der Waals surface area contributed by atoms with Crippen molar-refractivity contribution >= 4 is 0 Å². The molecule has 3 aliphatic rings. The first-order chi connectivity index (χ1) is 14.9. The Hall–Kier alpha value is -0.0800. The van der Waals surface area contributed by atoms with E-state index in [4.69, 9.17) is 0 Å². The van der Waals surface area contributed by atoms with E-state index in [2.05, 4.69) is 10.6 Å². The Morgan fingerprint density at radius 3 is 1.07 bits per heavy atom. The van der Waals surface area contributed by atoms with Crippen LogP contribution in [0.3, 0.4) is 0 Å². The van der Waals surface area contributed by atoms with Crippen molar-refractivity contribution < 1.29 is 0 Å². The second kappa shape index (κ2) is 15.7. The topological polar surface area (TPSA) is 24.1 Å². The fourth-order valence-corrected chi connectivity index (χ4v) is 6.66. The highest BCUT2D eigenvalue weighted by atomic mass is 14.9. The predicted octanol–water partition coefficient (Wildman–Crippen LogP) is 7.76. The van der Waals surface area contributed by atoms with Crippen molar-refractivity contribution in [2.45, 2.75) is 153 Å². The van der Waals surface area contributed by atoms with Gasteiger partial charge in [-0.05, 0) is 76.3 Å². The Balaban J connectivity index is 1.52. The fourth-order valence-electron chi connectivity index (χ4n) is 6.66. The molecule has 2 saturated heterocycles. The molecule has 0 aromatic heterocycles. The summed E-state index contributed by atoms with van der Waals surface area (Å²) < 4.78 is 0. The minimum Gasteiger partial charge on any atom is -0.314 e. The minimum atomic E-state index is 0.808. The fraction of sp³-hybridized carbons (Fsp3) is 1.00. The van der Waals surface area contributed by atoms with Crippen LogP contribution in [0.25, 0.3) is 0 Å². The lowest BCUT2D eigenvalue weighted by atomic mass is 9.77. The van der Waals surface area contributed by atoms with Gasteiger partial charge in [-0.25, -0.2) is 0 Å². The van der Waals surface area contributed by atoms with Crippen molar-refractivity contribution in [1.82, 2.24) is 10.6 Å². The molecule has 0 radical (unpaired) electrons. The van der Waals surface area contributed by atoms with Gasteiger partial charge in [0.05, 0.1) is 0 Å². The standard InChI is InChI=1S/C28H54N2/c1-3-7-11-19-27(29-23-15-9-5-1)25-17-13-14-18-26(22-21-25)28-20-12-8-4-2-6-10-16-24-30-28/h25-30H,1-24H2. The van der Waals surface area contributed by atoms with Crippen molar-refractivity contribution in [1.29, 1.82) is 0 Å². The second-order valence-corrected chi connectivity index (χ2v) is 11.0. The van der Waals surface area contributed by atoms with E-state index in [1.54, 1.807) is 0 Å². The van der Waals surface area contributed by atoms with Crippen LogP contribution in [0.2, 0.25) is 0 Å². The average Bonchev–Trinajstić information content (AvgIpc) is 2.84. The van der Waals surface area contributed by atoms with Gasteiger partial charge < -0.3 is 10.6 Å². The first kappa shape index (κ1) is 24.6. The van der Waals surface area contributed by atoms with Crippen LogP contribution in [0.1, 0.15) is 141 Å². The van der Waals surface area contributed by atoms with Crippen molar-refractivity contribution in [3.8, 4) is 0 Å². The molecule has 0 aromatic rings. The molecular weight excluding hydrogens is 364 g/mol. The normalized spacial score (nSPS) is 35.2. The van der Waals surface area contributed by atoms with Crippen molar-refractivity contribution in [3.05, 3.63) is 0 Å². The molecule has 0 amide bonds. The van der Waals surface area contributed by atoms with Crippen LogP contribution in [0.15, 0.2) is 0 Å². The highest BCUT2D eigenvalue weighted by Gasteiger charge is 2.27. The predicted molar refractivity (Wildman–Crippen MR) is 132 cm³/mol. The van der Waals surface area contributed by atoms with E-state index in [-0.39, 0.29) is 0 Å². The molecule has 30 heavy (non-hydrogen) atoms. The summed E-state index contributed by atoms with van der Waals surface area (Å²) in [4.78, 5) is 0. The van der Waals surface area contributed by atoms with Gasteiger partial charge in [0.1, 0.15) is 0 Å². The van der Waals surface area contributed by atoms with E-state index in [0.717, 1.165) is 23.9 Å². The highest BCUT2D eigenvalue weighted by molar-refractivity contribution is 4.84. The summed E-state index contributed by atoms with van der Waals surface area (Å²) >= 11 is 0. The van der Waals surface area contributed by atoms with Gasteiger partial charge >= 0.3 is 0 Å². The van der Waals surface area contributed by atoms with Crippen LogP contribution in [0.5, 0.6) is 0 Å². The zero-order chi connectivity index (χ0) is 20.7. The maximum absolute atomic E-state index is 4.05. The van der Waals surface area contributed by atoms with Gasteiger partial charge in [0.15, 0.2) is 0 Å². The lowest BCUT2D eigenvalue weighted by molar-refractivity contribution is 0.210. The van der Waals surface area contributed by atoms with Crippen LogP contribution in [0, 0.1) is 11.8 Å². The Morgan fingerprint density at radius 1 is 0.300 bits per heavy atom. The van der Waals surface area contributed by atoms with E-state index < -0.39 is 0 Å². The molecule has 3 fully saturated rings. The molecule has 1 saturated carbocycles. The van der Waals surface area contributed by atoms with Gasteiger partial charge in [-0.3, -0.25) is 0 Å². The van der Waals surface area contributed by atoms with Gasteiger partial charge in [-0.1, -0.05) is 89.9 Å². The Morgan fingerprint density at radius 2 is 0.633 bits per heavy atom. The maximum Gasteiger partial charge on any atom is 0.00953 e. The van der Waals surface area contributed by atoms with Crippen molar-refractivity contribution in [2.24, 2.45) is 11.8 Å². The molecule has 2 nitrogen and oxygen atoms in total. The molecule has 2 aliphatic heterocycles. The van der Waals surface area contributed by atoms with Gasteiger partial charge in [0.2, 0.25) is 0 Å². The van der Waals surface area contributed by atoms with Crippen LogP contribution < -0.4 is 10.6 Å². The molecule has 2 heteroatoms. The number of rotatable bonds is 2. The number of hydrogen-bond acceptors (Lipinski definition) is 2. The van der Waals surface area contributed by atoms with Gasteiger partial charge in [-0.15, -0.1) is 0 Å². The van der Waals surface area contributed by atoms with Crippen LogP contribution in [-0.2, 0) is 0 Å². The second-order valence-electron chi connectivity index (χ2n) is 11.0. The Labute approximate surface area is 189 Å². The molecular formula is C28H54N2. The Kier molecular flexibility index (Phi) is 12.8. The van der Waals surface area contributed by atoms with E-state index in [1.807, 2.05) is 0 Å². The minimum absolute atomic E-state index is 0.808. The summed E-state index contributed by atoms with van der Waals surface area (Å²) in [6.45, 7) is 2.55. The molecule has 2 heterocycles. The molecule has 2 N–H and O–H groups in total. The van der Waals surface area contributed by atoms with Gasteiger partial charge in [0, 0.05) is 12.1 Å². The third kappa shape index (κ3) is 9.60. The lowest BCUT2D eigenvalue weighted by Crippen LogP contribution is -2.40. The monoisotopic (exact) mass is 418 g/mol. The van der Waals surface area contributed by atoms with Crippen LogP contribution >= 0.6 is 0 Å². The number of nitrogens with one attached hydrogen (secondary N) is 2. The SMILES string of the molecule is C1CCCCNC(C2CCCCC(C3CCCCCCCCCN3)CC2)CCCC1. The summed E-state index contributed by atoms with van der Waals surface area (Å²) in [6.07, 6.45) is 32.2. The summed E-state index contributed by atoms with van der Waals surface area (Å²) in [7, 11) is 0. The molecule has 0 bridgehead atoms. The van der Waals surface area contributed by atoms with Gasteiger partial charge in [0.25, 0.3) is 0 Å². The summed E-state index contributed by atoms with van der Waals surface area (Å²) in [5, 5.41) is 8.11. The van der Waals surface area contributed by atoms with Crippen molar-refractivity contribution in [3.63, 3.8) is 0 Å². The van der Waals surface area contributed by atoms with E-state index >= 15 is 0 Å². The summed E-state index contributed by atoms with van der Waals surface area (Å²) in [5.41, 5.74) is 0. The van der Waals surface area contributed by atoms with E-state index in [1.165, 1.54) is 154 Å². The number of hydrogen-bond donors (Lipinski definition) is 2. The smallest absolute Gasteiger partial charge is 0.00953 e. The highest BCUT2D eigenvalue weighted by Crippen LogP contribution is 2.33. The lowest BCUT2D eigenvalue weighted by Gasteiger charge is -2.35. The molecule has 4 atom stereocenters. The Bertz CT molecular complexity index is 347. The average molecular weight is 419 g/mol. The molecule has 0 aromatic carbocycles. The maximum atomic E-state index is 4.05.